The van der Waals surface area contributed by atoms with Crippen LogP contribution in [0.25, 0.3) is 0 Å². The second-order valence-electron chi connectivity index (χ2n) is 7.49. The van der Waals surface area contributed by atoms with Crippen LogP contribution < -0.4 is 5.32 Å². The summed E-state index contributed by atoms with van der Waals surface area (Å²) >= 11 is 5.88. The summed E-state index contributed by atoms with van der Waals surface area (Å²) in [5.74, 6) is 0.540. The van der Waals surface area contributed by atoms with E-state index in [1.165, 1.54) is 0 Å². The van der Waals surface area contributed by atoms with Crippen LogP contribution >= 0.6 is 11.6 Å². The van der Waals surface area contributed by atoms with Crippen LogP contribution in [0.4, 0.5) is 0 Å². The van der Waals surface area contributed by atoms with Gasteiger partial charge in [0.05, 0.1) is 0 Å². The van der Waals surface area contributed by atoms with Gasteiger partial charge in [0.1, 0.15) is 0 Å². The van der Waals surface area contributed by atoms with E-state index < -0.39 is 0 Å². The summed E-state index contributed by atoms with van der Waals surface area (Å²) in [7, 11) is 0. The Morgan fingerprint density at radius 3 is 2.24 bits per heavy atom. The fraction of sp³-hybridized carbons (Fsp3) is 0.579. The standard InChI is InChI=1S/C19H24ClN3O2/c20-15-3-1-14(2-4-15)17(24)22-9-11-23(12-10-22)18(25)16-13-19(16)5-7-21-8-6-19/h1-4,16,21H,5-13H2. The summed E-state index contributed by atoms with van der Waals surface area (Å²) in [5.41, 5.74) is 0.929. The number of nitrogens with zero attached hydrogens (tertiary/aromatic N) is 2. The number of rotatable bonds is 2. The maximum Gasteiger partial charge on any atom is 0.253 e. The van der Waals surface area contributed by atoms with E-state index in [-0.39, 0.29) is 17.2 Å². The molecule has 0 radical (unpaired) electrons. The summed E-state index contributed by atoms with van der Waals surface area (Å²) in [6.45, 7) is 4.56. The van der Waals surface area contributed by atoms with Crippen molar-refractivity contribution in [3.05, 3.63) is 34.9 Å². The maximum absolute atomic E-state index is 12.8. The molecule has 2 aliphatic heterocycles. The minimum absolute atomic E-state index is 0.0185. The van der Waals surface area contributed by atoms with Crippen molar-refractivity contribution in [2.24, 2.45) is 11.3 Å². The number of halogens is 1. The first-order chi connectivity index (χ1) is 12.1. The van der Waals surface area contributed by atoms with Gasteiger partial charge < -0.3 is 15.1 Å². The molecule has 3 fully saturated rings. The van der Waals surface area contributed by atoms with Gasteiger partial charge in [0.2, 0.25) is 5.91 Å². The summed E-state index contributed by atoms with van der Waals surface area (Å²) < 4.78 is 0. The molecule has 1 aliphatic carbocycles. The van der Waals surface area contributed by atoms with Crippen molar-refractivity contribution in [3.63, 3.8) is 0 Å². The smallest absolute Gasteiger partial charge is 0.253 e. The summed E-state index contributed by atoms with van der Waals surface area (Å²) in [5, 5.41) is 4.01. The highest BCUT2D eigenvalue weighted by atomic mass is 35.5. The molecule has 1 unspecified atom stereocenters. The normalized spacial score (nSPS) is 25.1. The van der Waals surface area contributed by atoms with Crippen LogP contribution in [-0.2, 0) is 4.79 Å². The zero-order valence-electron chi connectivity index (χ0n) is 14.3. The zero-order valence-corrected chi connectivity index (χ0v) is 15.1. The first kappa shape index (κ1) is 16.9. The lowest BCUT2D eigenvalue weighted by molar-refractivity contribution is -0.135. The number of piperazine rings is 1. The lowest BCUT2D eigenvalue weighted by Gasteiger charge is -2.35. The number of hydrogen-bond donors (Lipinski definition) is 1. The molecule has 1 saturated carbocycles. The Hall–Kier alpha value is -1.59. The molecule has 2 heterocycles. The van der Waals surface area contributed by atoms with E-state index in [0.717, 1.165) is 32.4 Å². The quantitative estimate of drug-likeness (QED) is 0.876. The second-order valence-corrected chi connectivity index (χ2v) is 7.93. The maximum atomic E-state index is 12.8. The Kier molecular flexibility index (Phi) is 4.46. The van der Waals surface area contributed by atoms with E-state index in [9.17, 15) is 9.59 Å². The summed E-state index contributed by atoms with van der Waals surface area (Å²) in [6.07, 6.45) is 3.30. The predicted octanol–water partition coefficient (Wildman–Crippen LogP) is 2.01. The molecule has 2 saturated heterocycles. The van der Waals surface area contributed by atoms with Gasteiger partial charge in [0.25, 0.3) is 5.91 Å². The molecule has 5 nitrogen and oxygen atoms in total. The van der Waals surface area contributed by atoms with Gasteiger partial charge in [-0.2, -0.15) is 0 Å². The fourth-order valence-corrected chi connectivity index (χ4v) is 4.43. The van der Waals surface area contributed by atoms with E-state index in [1.807, 2.05) is 9.80 Å². The summed E-state index contributed by atoms with van der Waals surface area (Å²) in [4.78, 5) is 29.2. The van der Waals surface area contributed by atoms with Crippen molar-refractivity contribution in [2.45, 2.75) is 19.3 Å². The van der Waals surface area contributed by atoms with Crippen molar-refractivity contribution < 1.29 is 9.59 Å². The highest BCUT2D eigenvalue weighted by Gasteiger charge is 2.58. The molecule has 3 aliphatic rings. The van der Waals surface area contributed by atoms with E-state index in [0.29, 0.717) is 42.7 Å². The molecule has 2 amide bonds. The molecule has 134 valence electrons. The van der Waals surface area contributed by atoms with Crippen LogP contribution in [0.3, 0.4) is 0 Å². The molecule has 1 aromatic rings. The molecule has 4 rings (SSSR count). The molecule has 1 N–H and O–H groups in total. The molecular formula is C19H24ClN3O2. The number of hydrogen-bond acceptors (Lipinski definition) is 3. The monoisotopic (exact) mass is 361 g/mol. The van der Waals surface area contributed by atoms with Crippen molar-refractivity contribution in [1.29, 1.82) is 0 Å². The lowest BCUT2D eigenvalue weighted by Crippen LogP contribution is -2.51. The van der Waals surface area contributed by atoms with Gasteiger partial charge in [-0.3, -0.25) is 9.59 Å². The third-order valence-electron chi connectivity index (χ3n) is 6.06. The Morgan fingerprint density at radius 2 is 1.60 bits per heavy atom. The highest BCUT2D eigenvalue weighted by Crippen LogP contribution is 2.59. The van der Waals surface area contributed by atoms with Crippen molar-refractivity contribution in [2.75, 3.05) is 39.3 Å². The van der Waals surface area contributed by atoms with Gasteiger partial charge >= 0.3 is 0 Å². The molecule has 0 aromatic heterocycles. The van der Waals surface area contributed by atoms with Gasteiger partial charge in [-0.15, -0.1) is 0 Å². The predicted molar refractivity (Wildman–Crippen MR) is 96.6 cm³/mol. The van der Waals surface area contributed by atoms with Crippen LogP contribution in [0.1, 0.15) is 29.6 Å². The number of carbonyl (C=O) groups excluding carboxylic acids is 2. The van der Waals surface area contributed by atoms with Gasteiger partial charge in [0, 0.05) is 42.7 Å². The second kappa shape index (κ2) is 6.61. The number of carbonyl (C=O) groups is 2. The Bertz CT molecular complexity index is 662. The molecule has 6 heteroatoms. The first-order valence-corrected chi connectivity index (χ1v) is 9.51. The van der Waals surface area contributed by atoms with Gasteiger partial charge in [-0.1, -0.05) is 11.6 Å². The van der Waals surface area contributed by atoms with Crippen molar-refractivity contribution in [3.8, 4) is 0 Å². The number of piperidine rings is 1. The van der Waals surface area contributed by atoms with E-state index in [2.05, 4.69) is 5.32 Å². The molecule has 1 aromatic carbocycles. The van der Waals surface area contributed by atoms with Crippen molar-refractivity contribution in [1.82, 2.24) is 15.1 Å². The van der Waals surface area contributed by atoms with E-state index in [4.69, 9.17) is 11.6 Å². The molecule has 1 atom stereocenters. The minimum atomic E-state index is 0.0185. The SMILES string of the molecule is O=C(c1ccc(Cl)cc1)N1CCN(C(=O)C2CC23CCNCC3)CC1. The van der Waals surface area contributed by atoms with Crippen LogP contribution in [0.2, 0.25) is 5.02 Å². The minimum Gasteiger partial charge on any atom is -0.339 e. The average molecular weight is 362 g/mol. The molecular weight excluding hydrogens is 338 g/mol. The van der Waals surface area contributed by atoms with Crippen LogP contribution in [0.15, 0.2) is 24.3 Å². The molecule has 1 spiro atoms. The van der Waals surface area contributed by atoms with E-state index >= 15 is 0 Å². The number of nitrogens with one attached hydrogen (secondary N) is 1. The zero-order chi connectivity index (χ0) is 17.4. The molecule has 25 heavy (non-hydrogen) atoms. The largest absolute Gasteiger partial charge is 0.339 e. The van der Waals surface area contributed by atoms with Gasteiger partial charge in [0.15, 0.2) is 0 Å². The highest BCUT2D eigenvalue weighted by molar-refractivity contribution is 6.30. The Balaban J connectivity index is 1.32. The molecule has 0 bridgehead atoms. The van der Waals surface area contributed by atoms with E-state index in [1.54, 1.807) is 24.3 Å². The fourth-order valence-electron chi connectivity index (χ4n) is 4.30. The number of benzene rings is 1. The van der Waals surface area contributed by atoms with Crippen LogP contribution in [0.5, 0.6) is 0 Å². The first-order valence-electron chi connectivity index (χ1n) is 9.13. The summed E-state index contributed by atoms with van der Waals surface area (Å²) in [6, 6.07) is 6.99. The third kappa shape index (κ3) is 3.27. The lowest BCUT2D eigenvalue weighted by atomic mass is 9.91. The van der Waals surface area contributed by atoms with Crippen molar-refractivity contribution >= 4 is 23.4 Å². The Morgan fingerprint density at radius 1 is 1.00 bits per heavy atom. The van der Waals surface area contributed by atoms with Crippen LogP contribution in [0, 0.1) is 11.3 Å². The van der Waals surface area contributed by atoms with Gasteiger partial charge in [-0.25, -0.2) is 0 Å². The van der Waals surface area contributed by atoms with Gasteiger partial charge in [-0.05, 0) is 62.0 Å². The number of amides is 2. The average Bonchev–Trinajstić information content (AvgIpc) is 3.34. The topological polar surface area (TPSA) is 52.7 Å². The third-order valence-corrected chi connectivity index (χ3v) is 6.31. The van der Waals surface area contributed by atoms with Crippen LogP contribution in [-0.4, -0.2) is 60.9 Å². The Labute approximate surface area is 153 Å².